The monoisotopic (exact) mass is 283 g/mol. The Bertz CT molecular complexity index is 385. The van der Waals surface area contributed by atoms with E-state index in [2.05, 4.69) is 5.32 Å². The van der Waals surface area contributed by atoms with Crippen LogP contribution in [0.25, 0.3) is 0 Å². The highest BCUT2D eigenvalue weighted by atomic mass is 16.5. The van der Waals surface area contributed by atoms with Gasteiger partial charge < -0.3 is 24.6 Å². The molecule has 0 amide bonds. The lowest BCUT2D eigenvalue weighted by atomic mass is 9.90. The fourth-order valence-electron chi connectivity index (χ4n) is 2.14. The zero-order valence-electron chi connectivity index (χ0n) is 12.7. The van der Waals surface area contributed by atoms with Crippen LogP contribution in [-0.4, -0.2) is 46.1 Å². The second-order valence-corrected chi connectivity index (χ2v) is 4.80. The summed E-state index contributed by atoms with van der Waals surface area (Å²) in [6.07, 6.45) is 0.549. The number of aliphatic hydroxyl groups is 1. The molecule has 5 nitrogen and oxygen atoms in total. The molecule has 1 unspecified atom stereocenters. The van der Waals surface area contributed by atoms with Crippen LogP contribution in [0.4, 0.5) is 0 Å². The Morgan fingerprint density at radius 1 is 1.10 bits per heavy atom. The predicted molar refractivity (Wildman–Crippen MR) is 78.5 cm³/mol. The van der Waals surface area contributed by atoms with Gasteiger partial charge in [0.1, 0.15) is 11.5 Å². The van der Waals surface area contributed by atoms with E-state index in [4.69, 9.17) is 14.2 Å². The van der Waals surface area contributed by atoms with E-state index in [0.717, 1.165) is 6.54 Å². The normalized spacial score (nSPS) is 13.8. The molecule has 0 bridgehead atoms. The summed E-state index contributed by atoms with van der Waals surface area (Å²) in [4.78, 5) is 0. The maximum atomic E-state index is 10.7. The average molecular weight is 283 g/mol. The van der Waals surface area contributed by atoms with Gasteiger partial charge in [0.25, 0.3) is 0 Å². The third-order valence-corrected chi connectivity index (χ3v) is 3.24. The minimum absolute atomic E-state index is 0.549. The zero-order chi connectivity index (χ0) is 15.0. The van der Waals surface area contributed by atoms with Crippen molar-refractivity contribution < 1.29 is 19.3 Å². The molecule has 0 fully saturated rings. The molecule has 0 heterocycles. The summed E-state index contributed by atoms with van der Waals surface area (Å²) in [5, 5.41) is 14.0. The van der Waals surface area contributed by atoms with Crippen molar-refractivity contribution in [3.63, 3.8) is 0 Å². The number of ether oxygens (including phenoxy) is 3. The second kappa shape index (κ2) is 8.09. The van der Waals surface area contributed by atoms with Gasteiger partial charge in [-0.2, -0.15) is 0 Å². The predicted octanol–water partition coefficient (Wildman–Crippen LogP) is 1.54. The topological polar surface area (TPSA) is 60.0 Å². The molecule has 0 radical (unpaired) electrons. The van der Waals surface area contributed by atoms with Crippen molar-refractivity contribution in [1.29, 1.82) is 0 Å². The molecular formula is C15H25NO4. The van der Waals surface area contributed by atoms with Crippen molar-refractivity contribution in [3.8, 4) is 11.5 Å². The molecule has 20 heavy (non-hydrogen) atoms. The molecule has 1 aromatic rings. The van der Waals surface area contributed by atoms with Crippen molar-refractivity contribution in [2.45, 2.75) is 18.9 Å². The first kappa shape index (κ1) is 16.8. The molecule has 1 atom stereocenters. The van der Waals surface area contributed by atoms with Crippen LogP contribution in [0.15, 0.2) is 18.2 Å². The maximum Gasteiger partial charge on any atom is 0.128 e. The number of nitrogens with one attached hydrogen (secondary N) is 1. The molecular weight excluding hydrogens is 258 g/mol. The lowest BCUT2D eigenvalue weighted by Crippen LogP contribution is -2.30. The number of hydrogen-bond donors (Lipinski definition) is 2. The molecule has 0 saturated carbocycles. The molecule has 0 aliphatic heterocycles. The number of hydrogen-bond acceptors (Lipinski definition) is 5. The lowest BCUT2D eigenvalue weighted by Gasteiger charge is -2.27. The summed E-state index contributed by atoms with van der Waals surface area (Å²) in [6, 6.07) is 5.49. The van der Waals surface area contributed by atoms with E-state index >= 15 is 0 Å². The van der Waals surface area contributed by atoms with Crippen LogP contribution in [0.5, 0.6) is 11.5 Å². The Kier molecular flexibility index (Phi) is 6.78. The Labute approximate surface area is 120 Å². The molecule has 0 aromatic heterocycles. The van der Waals surface area contributed by atoms with Crippen molar-refractivity contribution >= 4 is 0 Å². The third-order valence-electron chi connectivity index (χ3n) is 3.24. The molecule has 2 N–H and O–H groups in total. The highest BCUT2D eigenvalue weighted by Gasteiger charge is 2.30. The van der Waals surface area contributed by atoms with E-state index in [1.807, 2.05) is 18.2 Å². The van der Waals surface area contributed by atoms with Gasteiger partial charge in [-0.05, 0) is 32.0 Å². The van der Waals surface area contributed by atoms with Crippen LogP contribution in [0, 0.1) is 0 Å². The van der Waals surface area contributed by atoms with Gasteiger partial charge in [-0.3, -0.25) is 0 Å². The third kappa shape index (κ3) is 4.37. The van der Waals surface area contributed by atoms with Crippen LogP contribution < -0.4 is 14.8 Å². The van der Waals surface area contributed by atoms with E-state index < -0.39 is 5.60 Å². The van der Waals surface area contributed by atoms with Crippen molar-refractivity contribution in [2.75, 3.05) is 41.0 Å². The molecule has 114 valence electrons. The molecule has 5 heteroatoms. The minimum Gasteiger partial charge on any atom is -0.496 e. The first-order valence-electron chi connectivity index (χ1n) is 6.70. The van der Waals surface area contributed by atoms with E-state index in [0.29, 0.717) is 36.6 Å². The van der Waals surface area contributed by atoms with Crippen LogP contribution in [-0.2, 0) is 10.3 Å². The first-order chi connectivity index (χ1) is 9.56. The maximum absolute atomic E-state index is 10.7. The summed E-state index contributed by atoms with van der Waals surface area (Å²) < 4.78 is 15.6. The van der Waals surface area contributed by atoms with Gasteiger partial charge in [0.2, 0.25) is 0 Å². The summed E-state index contributed by atoms with van der Waals surface area (Å²) in [6.45, 7) is 3.86. The molecule has 0 aliphatic carbocycles. The molecule has 1 rings (SSSR count). The Morgan fingerprint density at radius 3 is 2.20 bits per heavy atom. The van der Waals surface area contributed by atoms with Crippen molar-refractivity contribution in [2.24, 2.45) is 0 Å². The van der Waals surface area contributed by atoms with E-state index in [-0.39, 0.29) is 0 Å². The molecule has 0 saturated heterocycles. The second-order valence-electron chi connectivity index (χ2n) is 4.80. The van der Waals surface area contributed by atoms with Gasteiger partial charge in [-0.25, -0.2) is 0 Å². The van der Waals surface area contributed by atoms with Gasteiger partial charge >= 0.3 is 0 Å². The minimum atomic E-state index is -1.03. The van der Waals surface area contributed by atoms with E-state index in [9.17, 15) is 5.11 Å². The van der Waals surface area contributed by atoms with Gasteiger partial charge in [0.15, 0.2) is 0 Å². The average Bonchev–Trinajstić information content (AvgIpc) is 2.46. The van der Waals surface area contributed by atoms with Crippen molar-refractivity contribution in [3.05, 3.63) is 23.8 Å². The lowest BCUT2D eigenvalue weighted by molar-refractivity contribution is 0.0424. The van der Waals surface area contributed by atoms with E-state index in [1.165, 1.54) is 0 Å². The Balaban J connectivity index is 2.80. The molecule has 1 aromatic carbocycles. The van der Waals surface area contributed by atoms with Gasteiger partial charge in [0.05, 0.1) is 32.0 Å². The van der Waals surface area contributed by atoms with Gasteiger partial charge in [-0.1, -0.05) is 6.07 Å². The molecule has 0 aliphatic rings. The Morgan fingerprint density at radius 2 is 1.70 bits per heavy atom. The highest BCUT2D eigenvalue weighted by Crippen LogP contribution is 2.39. The Hall–Kier alpha value is -1.30. The fourth-order valence-corrected chi connectivity index (χ4v) is 2.14. The van der Waals surface area contributed by atoms with Crippen LogP contribution in [0.2, 0.25) is 0 Å². The first-order valence-corrected chi connectivity index (χ1v) is 6.70. The van der Waals surface area contributed by atoms with Gasteiger partial charge in [-0.15, -0.1) is 0 Å². The summed E-state index contributed by atoms with van der Waals surface area (Å²) in [7, 11) is 4.84. The smallest absolute Gasteiger partial charge is 0.128 e. The SMILES string of the molecule is COCCNCCC(C)(O)c1c(OC)cccc1OC. The quantitative estimate of drug-likeness (QED) is 0.673. The van der Waals surface area contributed by atoms with E-state index in [1.54, 1.807) is 28.3 Å². The summed E-state index contributed by atoms with van der Waals surface area (Å²) in [5.74, 6) is 1.26. The van der Waals surface area contributed by atoms with Crippen LogP contribution in [0.1, 0.15) is 18.9 Å². The largest absolute Gasteiger partial charge is 0.496 e. The number of rotatable bonds is 9. The number of methoxy groups -OCH3 is 3. The highest BCUT2D eigenvalue weighted by molar-refractivity contribution is 5.48. The zero-order valence-corrected chi connectivity index (χ0v) is 12.7. The van der Waals surface area contributed by atoms with Crippen LogP contribution in [0.3, 0.4) is 0 Å². The summed E-state index contributed by atoms with van der Waals surface area (Å²) >= 11 is 0. The fraction of sp³-hybridized carbons (Fsp3) is 0.600. The standard InChI is InChI=1S/C15H25NO4/c1-15(17,8-9-16-10-11-18-2)14-12(19-3)6-5-7-13(14)20-4/h5-7,16-17H,8-11H2,1-4H3. The van der Waals surface area contributed by atoms with Gasteiger partial charge in [0, 0.05) is 13.7 Å². The number of benzene rings is 1. The summed E-state index contributed by atoms with van der Waals surface area (Å²) in [5.41, 5.74) is -0.351. The van der Waals surface area contributed by atoms with Crippen molar-refractivity contribution in [1.82, 2.24) is 5.32 Å². The molecule has 0 spiro atoms. The van der Waals surface area contributed by atoms with Crippen LogP contribution >= 0.6 is 0 Å².